The summed E-state index contributed by atoms with van der Waals surface area (Å²) in [5, 5.41) is 8.61. The highest BCUT2D eigenvalue weighted by molar-refractivity contribution is 6.06. The van der Waals surface area contributed by atoms with Gasteiger partial charge < -0.3 is 5.32 Å². The van der Waals surface area contributed by atoms with Crippen molar-refractivity contribution in [3.63, 3.8) is 0 Å². The Labute approximate surface area is 197 Å². The van der Waals surface area contributed by atoms with Gasteiger partial charge in [-0.1, -0.05) is 54.6 Å². The van der Waals surface area contributed by atoms with E-state index in [0.717, 1.165) is 35.0 Å². The number of carbonyl (C=O) groups is 1. The number of pyridine rings is 2. The maximum atomic E-state index is 13.6. The largest absolute Gasteiger partial charge is 0.345 e. The molecule has 1 amide bonds. The predicted octanol–water partition coefficient (Wildman–Crippen LogP) is 4.96. The molecule has 0 unspecified atom stereocenters. The van der Waals surface area contributed by atoms with Crippen molar-refractivity contribution in [2.24, 2.45) is 0 Å². The fraction of sp³-hybridized carbons (Fsp3) is 0.143. The van der Waals surface area contributed by atoms with E-state index in [9.17, 15) is 4.79 Å². The molecule has 0 radical (unpaired) electrons. The second-order valence-corrected chi connectivity index (χ2v) is 8.58. The summed E-state index contributed by atoms with van der Waals surface area (Å²) in [5.41, 5.74) is 6.58. The summed E-state index contributed by atoms with van der Waals surface area (Å²) in [6, 6.07) is 24.1. The van der Waals surface area contributed by atoms with Gasteiger partial charge in [0.15, 0.2) is 5.65 Å². The van der Waals surface area contributed by atoms with E-state index in [1.165, 1.54) is 11.1 Å². The SMILES string of the molecule is O=C(N[C@H]1CCc2ccccc21)c1cc(-c2ccccc2)nc2c1cnn2Cc1ccncc1. The van der Waals surface area contributed by atoms with Crippen molar-refractivity contribution in [3.05, 3.63) is 114 Å². The number of amides is 1. The molecule has 6 rings (SSSR count). The fourth-order valence-corrected chi connectivity index (χ4v) is 4.71. The minimum absolute atomic E-state index is 0.0129. The van der Waals surface area contributed by atoms with Crippen LogP contribution in [0.5, 0.6) is 0 Å². The van der Waals surface area contributed by atoms with Crippen LogP contribution in [0.3, 0.4) is 0 Å². The zero-order valence-corrected chi connectivity index (χ0v) is 18.6. The number of rotatable bonds is 5. The van der Waals surface area contributed by atoms with Crippen molar-refractivity contribution in [1.29, 1.82) is 0 Å². The second kappa shape index (κ2) is 8.56. The normalized spacial score (nSPS) is 14.8. The minimum Gasteiger partial charge on any atom is -0.345 e. The Bertz CT molecular complexity index is 1480. The third-order valence-electron chi connectivity index (χ3n) is 6.44. The Morgan fingerprint density at radius 3 is 2.65 bits per heavy atom. The van der Waals surface area contributed by atoms with Gasteiger partial charge in [-0.25, -0.2) is 9.67 Å². The van der Waals surface area contributed by atoms with E-state index in [1.54, 1.807) is 18.6 Å². The highest BCUT2D eigenvalue weighted by Gasteiger charge is 2.25. The van der Waals surface area contributed by atoms with Gasteiger partial charge in [0.25, 0.3) is 5.91 Å². The van der Waals surface area contributed by atoms with Crippen LogP contribution >= 0.6 is 0 Å². The average molecular weight is 446 g/mol. The molecular weight excluding hydrogens is 422 g/mol. The van der Waals surface area contributed by atoms with Crippen LogP contribution in [0, 0.1) is 0 Å². The van der Waals surface area contributed by atoms with E-state index in [-0.39, 0.29) is 11.9 Å². The van der Waals surface area contributed by atoms with E-state index in [4.69, 9.17) is 4.98 Å². The number of hydrogen-bond donors (Lipinski definition) is 1. The zero-order valence-electron chi connectivity index (χ0n) is 18.6. The number of benzene rings is 2. The molecule has 6 heteroatoms. The van der Waals surface area contributed by atoms with Crippen LogP contribution in [-0.2, 0) is 13.0 Å². The van der Waals surface area contributed by atoms with Gasteiger partial charge in [-0.05, 0) is 47.7 Å². The van der Waals surface area contributed by atoms with Gasteiger partial charge >= 0.3 is 0 Å². The lowest BCUT2D eigenvalue weighted by Crippen LogP contribution is -2.27. The van der Waals surface area contributed by atoms with Crippen molar-refractivity contribution in [2.75, 3.05) is 0 Å². The van der Waals surface area contributed by atoms with E-state index < -0.39 is 0 Å². The first-order valence-corrected chi connectivity index (χ1v) is 11.5. The Hall–Kier alpha value is -4.32. The van der Waals surface area contributed by atoms with Gasteiger partial charge in [-0.2, -0.15) is 5.10 Å². The number of carbonyl (C=O) groups excluding carboxylic acids is 1. The molecule has 0 saturated carbocycles. The van der Waals surface area contributed by atoms with E-state index in [0.29, 0.717) is 17.8 Å². The van der Waals surface area contributed by atoms with Crippen molar-refractivity contribution in [1.82, 2.24) is 25.1 Å². The number of fused-ring (bicyclic) bond motifs is 2. The van der Waals surface area contributed by atoms with E-state index in [1.807, 2.05) is 59.3 Å². The molecule has 0 bridgehead atoms. The molecule has 1 atom stereocenters. The van der Waals surface area contributed by atoms with Crippen LogP contribution in [-0.4, -0.2) is 25.7 Å². The topological polar surface area (TPSA) is 72.7 Å². The Balaban J connectivity index is 1.42. The summed E-state index contributed by atoms with van der Waals surface area (Å²) in [7, 11) is 0. The van der Waals surface area contributed by atoms with Crippen molar-refractivity contribution in [2.45, 2.75) is 25.4 Å². The van der Waals surface area contributed by atoms with Crippen molar-refractivity contribution < 1.29 is 4.79 Å². The quantitative estimate of drug-likeness (QED) is 0.415. The lowest BCUT2D eigenvalue weighted by molar-refractivity contribution is 0.0938. The van der Waals surface area contributed by atoms with Crippen LogP contribution in [0.1, 0.15) is 39.5 Å². The zero-order chi connectivity index (χ0) is 22.9. The van der Waals surface area contributed by atoms with E-state index in [2.05, 4.69) is 33.6 Å². The van der Waals surface area contributed by atoms with Gasteiger partial charge in [0.05, 0.1) is 35.4 Å². The Morgan fingerprint density at radius 1 is 1.00 bits per heavy atom. The standard InChI is InChI=1S/C28H23N5O/c34-28(32-25-11-10-20-6-4-5-9-22(20)25)23-16-26(21-7-2-1-3-8-21)31-27-24(23)17-30-33(27)18-19-12-14-29-15-13-19/h1-9,12-17,25H,10-11,18H2,(H,32,34)/t25-/m0/s1. The van der Waals surface area contributed by atoms with Gasteiger partial charge in [0.2, 0.25) is 0 Å². The summed E-state index contributed by atoms with van der Waals surface area (Å²) >= 11 is 0. The summed E-state index contributed by atoms with van der Waals surface area (Å²) < 4.78 is 1.85. The molecule has 2 aromatic carbocycles. The van der Waals surface area contributed by atoms with Crippen LogP contribution < -0.4 is 5.32 Å². The Morgan fingerprint density at radius 2 is 1.79 bits per heavy atom. The first kappa shape index (κ1) is 20.3. The van der Waals surface area contributed by atoms with Crippen LogP contribution in [0.25, 0.3) is 22.3 Å². The number of aromatic nitrogens is 4. The van der Waals surface area contributed by atoms with Gasteiger partial charge in [-0.3, -0.25) is 9.78 Å². The van der Waals surface area contributed by atoms with Crippen LogP contribution in [0.4, 0.5) is 0 Å². The maximum absolute atomic E-state index is 13.6. The molecule has 0 fully saturated rings. The molecule has 1 N–H and O–H groups in total. The first-order chi connectivity index (χ1) is 16.8. The summed E-state index contributed by atoms with van der Waals surface area (Å²) in [6.07, 6.45) is 7.16. The Kier molecular flexibility index (Phi) is 5.11. The smallest absolute Gasteiger partial charge is 0.252 e. The van der Waals surface area contributed by atoms with Crippen LogP contribution in [0.15, 0.2) is 91.4 Å². The van der Waals surface area contributed by atoms with Gasteiger partial charge in [0, 0.05) is 18.0 Å². The number of nitrogens with one attached hydrogen (secondary N) is 1. The lowest BCUT2D eigenvalue weighted by Gasteiger charge is -2.15. The highest BCUT2D eigenvalue weighted by atomic mass is 16.1. The third-order valence-corrected chi connectivity index (χ3v) is 6.44. The molecule has 3 heterocycles. The summed E-state index contributed by atoms with van der Waals surface area (Å²) in [4.78, 5) is 22.6. The number of hydrogen-bond acceptors (Lipinski definition) is 4. The molecule has 5 aromatic rings. The predicted molar refractivity (Wildman–Crippen MR) is 131 cm³/mol. The molecule has 3 aromatic heterocycles. The monoisotopic (exact) mass is 445 g/mol. The summed E-state index contributed by atoms with van der Waals surface area (Å²) in [5.74, 6) is -0.102. The minimum atomic E-state index is -0.102. The third kappa shape index (κ3) is 3.73. The molecule has 0 saturated heterocycles. The lowest BCUT2D eigenvalue weighted by atomic mass is 10.0. The van der Waals surface area contributed by atoms with Crippen LogP contribution in [0.2, 0.25) is 0 Å². The molecule has 0 spiro atoms. The van der Waals surface area contributed by atoms with Gasteiger partial charge in [0.1, 0.15) is 0 Å². The van der Waals surface area contributed by atoms with Crippen molar-refractivity contribution >= 4 is 16.9 Å². The van der Waals surface area contributed by atoms with Gasteiger partial charge in [-0.15, -0.1) is 0 Å². The average Bonchev–Trinajstić information content (AvgIpc) is 3.49. The molecule has 166 valence electrons. The fourth-order valence-electron chi connectivity index (χ4n) is 4.71. The molecule has 1 aliphatic carbocycles. The number of nitrogens with zero attached hydrogens (tertiary/aromatic N) is 4. The number of aryl methyl sites for hydroxylation is 1. The van der Waals surface area contributed by atoms with E-state index >= 15 is 0 Å². The molecule has 1 aliphatic rings. The molecule has 6 nitrogen and oxygen atoms in total. The highest BCUT2D eigenvalue weighted by Crippen LogP contribution is 2.32. The summed E-state index contributed by atoms with van der Waals surface area (Å²) in [6.45, 7) is 0.550. The maximum Gasteiger partial charge on any atom is 0.252 e. The van der Waals surface area contributed by atoms with Crippen molar-refractivity contribution in [3.8, 4) is 11.3 Å². The molecular formula is C28H23N5O. The molecule has 0 aliphatic heterocycles. The second-order valence-electron chi connectivity index (χ2n) is 8.58. The first-order valence-electron chi connectivity index (χ1n) is 11.5. The molecule has 34 heavy (non-hydrogen) atoms.